The van der Waals surface area contributed by atoms with Crippen LogP contribution < -0.4 is 5.32 Å². The lowest BCUT2D eigenvalue weighted by Gasteiger charge is -2.07. The predicted octanol–water partition coefficient (Wildman–Crippen LogP) is 1.66. The molecule has 0 atom stereocenters. The fourth-order valence-corrected chi connectivity index (χ4v) is 1.55. The van der Waals surface area contributed by atoms with Gasteiger partial charge in [0.2, 0.25) is 0 Å². The fourth-order valence-electron chi connectivity index (χ4n) is 1.55. The lowest BCUT2D eigenvalue weighted by molar-refractivity contribution is 1.04. The Kier molecular flexibility index (Phi) is 1.41. The average Bonchev–Trinajstić information content (AvgIpc) is 2.61. The van der Waals surface area contributed by atoms with Gasteiger partial charge in [-0.2, -0.15) is 0 Å². The molecule has 2 aromatic rings. The van der Waals surface area contributed by atoms with Crippen LogP contribution in [0.3, 0.4) is 0 Å². The number of nitrogens with zero attached hydrogens (tertiary/aromatic N) is 3. The Hall–Kier alpha value is -2.10. The van der Waals surface area contributed by atoms with Crippen LogP contribution in [0.4, 0.5) is 5.69 Å². The molecule has 1 aromatic heterocycles. The van der Waals surface area contributed by atoms with Crippen molar-refractivity contribution in [2.24, 2.45) is 0 Å². The monoisotopic (exact) mass is 184 g/mol. The first-order valence-corrected chi connectivity index (χ1v) is 4.38. The zero-order valence-corrected chi connectivity index (χ0v) is 7.38. The summed E-state index contributed by atoms with van der Waals surface area (Å²) in [6.45, 7) is 0. The van der Waals surface area contributed by atoms with Crippen LogP contribution in [0.2, 0.25) is 0 Å². The van der Waals surface area contributed by atoms with Crippen LogP contribution in [-0.4, -0.2) is 14.8 Å². The highest BCUT2D eigenvalue weighted by molar-refractivity contribution is 5.67. The third-order valence-electron chi connectivity index (χ3n) is 2.21. The normalized spacial score (nSPS) is 12.6. The first-order valence-electron chi connectivity index (χ1n) is 4.38. The second-order valence-electron chi connectivity index (χ2n) is 3.05. The molecule has 2 heterocycles. The maximum Gasteiger partial charge on any atom is 0.162 e. The molecule has 0 unspecified atom stereocenters. The summed E-state index contributed by atoms with van der Waals surface area (Å²) < 4.78 is 1.95. The van der Waals surface area contributed by atoms with Crippen LogP contribution in [0.25, 0.3) is 11.8 Å². The smallest absolute Gasteiger partial charge is 0.162 e. The van der Waals surface area contributed by atoms with Crippen LogP contribution >= 0.6 is 0 Å². The van der Waals surface area contributed by atoms with Crippen LogP contribution in [0, 0.1) is 0 Å². The van der Waals surface area contributed by atoms with Crippen LogP contribution in [0.5, 0.6) is 0 Å². The summed E-state index contributed by atoms with van der Waals surface area (Å²) in [6, 6.07) is 8.04. The molecule has 1 aliphatic rings. The largest absolute Gasteiger partial charge is 0.360 e. The number of benzene rings is 1. The van der Waals surface area contributed by atoms with E-state index in [1.165, 1.54) is 0 Å². The molecule has 14 heavy (non-hydrogen) atoms. The predicted molar refractivity (Wildman–Crippen MR) is 54.0 cm³/mol. The van der Waals surface area contributed by atoms with E-state index < -0.39 is 0 Å². The summed E-state index contributed by atoms with van der Waals surface area (Å²) >= 11 is 0. The zero-order chi connectivity index (χ0) is 9.38. The first-order chi connectivity index (χ1) is 6.95. The Labute approximate surface area is 80.9 Å². The minimum atomic E-state index is 0.836. The van der Waals surface area contributed by atoms with Gasteiger partial charge in [0, 0.05) is 6.20 Å². The van der Waals surface area contributed by atoms with Crippen LogP contribution in [-0.2, 0) is 0 Å². The van der Waals surface area contributed by atoms with Crippen molar-refractivity contribution in [3.8, 4) is 5.69 Å². The first kappa shape index (κ1) is 7.32. The van der Waals surface area contributed by atoms with Gasteiger partial charge in [-0.1, -0.05) is 12.1 Å². The van der Waals surface area contributed by atoms with E-state index in [-0.39, 0.29) is 0 Å². The molecule has 4 nitrogen and oxygen atoms in total. The Morgan fingerprint density at radius 1 is 1.21 bits per heavy atom. The third kappa shape index (κ3) is 0.939. The highest BCUT2D eigenvalue weighted by Crippen LogP contribution is 2.23. The van der Waals surface area contributed by atoms with Crippen LogP contribution in [0.15, 0.2) is 36.8 Å². The average molecular weight is 184 g/mol. The summed E-state index contributed by atoms with van der Waals surface area (Å²) in [5, 5.41) is 11.1. The van der Waals surface area contributed by atoms with Gasteiger partial charge in [0.1, 0.15) is 6.33 Å². The number of hydrogen-bond acceptors (Lipinski definition) is 3. The molecule has 3 rings (SSSR count). The number of para-hydroxylation sites is 2. The minimum absolute atomic E-state index is 0.836. The maximum absolute atomic E-state index is 4.00. The van der Waals surface area contributed by atoms with Gasteiger partial charge in [0.05, 0.1) is 11.4 Å². The number of fused-ring (bicyclic) bond motifs is 3. The zero-order valence-electron chi connectivity index (χ0n) is 7.38. The number of anilines is 1. The molecule has 0 fully saturated rings. The summed E-state index contributed by atoms with van der Waals surface area (Å²) in [7, 11) is 0. The fraction of sp³-hybridized carbons (Fsp3) is 0. The highest BCUT2D eigenvalue weighted by atomic mass is 15.3. The van der Waals surface area contributed by atoms with Crippen molar-refractivity contribution < 1.29 is 0 Å². The molecule has 0 saturated heterocycles. The van der Waals surface area contributed by atoms with Gasteiger partial charge >= 0.3 is 0 Å². The van der Waals surface area contributed by atoms with Gasteiger partial charge in [-0.05, 0) is 18.2 Å². The van der Waals surface area contributed by atoms with E-state index in [2.05, 4.69) is 15.5 Å². The van der Waals surface area contributed by atoms with Gasteiger partial charge in [-0.15, -0.1) is 10.2 Å². The minimum Gasteiger partial charge on any atom is -0.360 e. The number of rotatable bonds is 0. The van der Waals surface area contributed by atoms with E-state index in [0.29, 0.717) is 0 Å². The maximum atomic E-state index is 4.00. The number of nitrogens with one attached hydrogen (secondary N) is 1. The molecule has 0 aliphatic carbocycles. The van der Waals surface area contributed by atoms with E-state index in [9.17, 15) is 0 Å². The van der Waals surface area contributed by atoms with Crippen molar-refractivity contribution in [2.75, 3.05) is 5.32 Å². The molecular weight excluding hydrogens is 176 g/mol. The van der Waals surface area contributed by atoms with Crippen molar-refractivity contribution in [1.82, 2.24) is 14.8 Å². The van der Waals surface area contributed by atoms with Gasteiger partial charge < -0.3 is 5.32 Å². The topological polar surface area (TPSA) is 42.7 Å². The SMILES string of the molecule is C1=Cc2nncn2-c2ccccc2N1. The summed E-state index contributed by atoms with van der Waals surface area (Å²) in [5.74, 6) is 0.836. The molecule has 4 heteroatoms. The van der Waals surface area contributed by atoms with Crippen molar-refractivity contribution in [3.05, 3.63) is 42.6 Å². The second kappa shape index (κ2) is 2.70. The Balaban J connectivity index is 2.33. The molecule has 0 saturated carbocycles. The van der Waals surface area contributed by atoms with Gasteiger partial charge in [-0.25, -0.2) is 0 Å². The lowest BCUT2D eigenvalue weighted by Crippen LogP contribution is -1.96. The molecule has 1 N–H and O–H groups in total. The molecule has 0 spiro atoms. The van der Waals surface area contributed by atoms with E-state index in [1.54, 1.807) is 6.33 Å². The van der Waals surface area contributed by atoms with Crippen molar-refractivity contribution in [3.63, 3.8) is 0 Å². The Morgan fingerprint density at radius 3 is 3.14 bits per heavy atom. The van der Waals surface area contributed by atoms with E-state index in [1.807, 2.05) is 41.1 Å². The standard InChI is InChI=1S/C10H8N4/c1-2-4-9-8(3-1)11-6-5-10-13-12-7-14(9)10/h1-7,11H. The quantitative estimate of drug-likeness (QED) is 0.677. The Morgan fingerprint density at radius 2 is 2.14 bits per heavy atom. The van der Waals surface area contributed by atoms with Crippen molar-refractivity contribution >= 4 is 11.8 Å². The molecule has 0 bridgehead atoms. The van der Waals surface area contributed by atoms with Gasteiger partial charge in [0.25, 0.3) is 0 Å². The molecule has 1 aromatic carbocycles. The van der Waals surface area contributed by atoms with E-state index in [0.717, 1.165) is 17.2 Å². The lowest BCUT2D eigenvalue weighted by atomic mass is 10.2. The van der Waals surface area contributed by atoms with Crippen molar-refractivity contribution in [2.45, 2.75) is 0 Å². The van der Waals surface area contributed by atoms with Crippen molar-refractivity contribution in [1.29, 1.82) is 0 Å². The number of hydrogen-bond donors (Lipinski definition) is 1. The Bertz CT molecular complexity index is 498. The molecule has 0 amide bonds. The molecule has 1 aliphatic heterocycles. The molecule has 68 valence electrons. The molecule has 0 radical (unpaired) electrons. The summed E-state index contributed by atoms with van der Waals surface area (Å²) in [5.41, 5.74) is 2.12. The van der Waals surface area contributed by atoms with E-state index >= 15 is 0 Å². The highest BCUT2D eigenvalue weighted by Gasteiger charge is 2.09. The number of aromatic nitrogens is 3. The summed E-state index contributed by atoms with van der Waals surface area (Å²) in [6.07, 6.45) is 5.48. The second-order valence-corrected chi connectivity index (χ2v) is 3.05. The molecular formula is C10H8N4. The summed E-state index contributed by atoms with van der Waals surface area (Å²) in [4.78, 5) is 0. The van der Waals surface area contributed by atoms with Gasteiger partial charge in [0.15, 0.2) is 5.82 Å². The van der Waals surface area contributed by atoms with E-state index in [4.69, 9.17) is 0 Å². The van der Waals surface area contributed by atoms with Crippen LogP contribution in [0.1, 0.15) is 5.82 Å². The third-order valence-corrected chi connectivity index (χ3v) is 2.21. The van der Waals surface area contributed by atoms with Gasteiger partial charge in [-0.3, -0.25) is 4.57 Å².